The summed E-state index contributed by atoms with van der Waals surface area (Å²) in [5, 5.41) is 7.56. The number of anilines is 2. The molecule has 1 aromatic heterocycles. The molecule has 3 nitrogen and oxygen atoms in total. The average Bonchev–Trinajstić information content (AvgIpc) is 2.78. The van der Waals surface area contributed by atoms with E-state index in [4.69, 9.17) is 0 Å². The highest BCUT2D eigenvalue weighted by molar-refractivity contribution is 7.22. The zero-order valence-electron chi connectivity index (χ0n) is 11.5. The number of benzene rings is 1. The van der Waals surface area contributed by atoms with Gasteiger partial charge >= 0.3 is 0 Å². The lowest BCUT2D eigenvalue weighted by molar-refractivity contribution is 0.377. The third-order valence-electron chi connectivity index (χ3n) is 3.33. The van der Waals surface area contributed by atoms with E-state index in [2.05, 4.69) is 54.6 Å². The summed E-state index contributed by atoms with van der Waals surface area (Å²) < 4.78 is 1.22. The maximum Gasteiger partial charge on any atom is 0.183 e. The number of rotatable bonds is 5. The topological polar surface area (TPSA) is 37.0 Å². The van der Waals surface area contributed by atoms with E-state index in [1.54, 1.807) is 11.3 Å². The number of fused-ring (bicyclic) bond motifs is 1. The van der Waals surface area contributed by atoms with E-state index >= 15 is 0 Å². The fourth-order valence-corrected chi connectivity index (χ4v) is 2.41. The fourth-order valence-electron chi connectivity index (χ4n) is 1.61. The van der Waals surface area contributed by atoms with Crippen LogP contribution in [0.15, 0.2) is 18.2 Å². The summed E-state index contributed by atoms with van der Waals surface area (Å²) in [6.45, 7) is 7.77. The number of nitrogens with one attached hydrogen (secondary N) is 2. The highest BCUT2D eigenvalue weighted by Gasteiger charge is 2.14. The quantitative estimate of drug-likeness (QED) is 0.849. The van der Waals surface area contributed by atoms with Gasteiger partial charge in [0, 0.05) is 19.3 Å². The predicted octanol–water partition coefficient (Wildman–Crippen LogP) is 4.19. The van der Waals surface area contributed by atoms with E-state index in [-0.39, 0.29) is 0 Å². The van der Waals surface area contributed by atoms with Gasteiger partial charge in [-0.15, -0.1) is 0 Å². The van der Waals surface area contributed by atoms with E-state index in [0.717, 1.165) is 22.9 Å². The van der Waals surface area contributed by atoms with Gasteiger partial charge in [-0.1, -0.05) is 32.1 Å². The number of hydrogen-bond donors (Lipinski definition) is 2. The smallest absolute Gasteiger partial charge is 0.183 e. The van der Waals surface area contributed by atoms with Crippen LogP contribution in [-0.2, 0) is 0 Å². The van der Waals surface area contributed by atoms with Crippen LogP contribution in [0.2, 0.25) is 0 Å². The zero-order chi connectivity index (χ0) is 13.2. The molecule has 98 valence electrons. The Morgan fingerprint density at radius 3 is 2.78 bits per heavy atom. The lowest BCUT2D eigenvalue weighted by atomic mass is 9.90. The van der Waals surface area contributed by atoms with Crippen molar-refractivity contribution in [2.75, 3.05) is 24.2 Å². The molecule has 18 heavy (non-hydrogen) atoms. The van der Waals surface area contributed by atoms with E-state index in [1.165, 1.54) is 11.1 Å². The molecule has 2 N–H and O–H groups in total. The first kappa shape index (κ1) is 13.1. The summed E-state index contributed by atoms with van der Waals surface area (Å²) in [5.74, 6) is 0. The van der Waals surface area contributed by atoms with E-state index in [0.29, 0.717) is 5.41 Å². The summed E-state index contributed by atoms with van der Waals surface area (Å²) in [7, 11) is 1.90. The molecule has 2 aromatic rings. The predicted molar refractivity (Wildman–Crippen MR) is 81.7 cm³/mol. The van der Waals surface area contributed by atoms with E-state index in [1.807, 2.05) is 7.05 Å². The van der Waals surface area contributed by atoms with Gasteiger partial charge in [-0.25, -0.2) is 4.98 Å². The van der Waals surface area contributed by atoms with Crippen molar-refractivity contribution in [1.29, 1.82) is 0 Å². The summed E-state index contributed by atoms with van der Waals surface area (Å²) >= 11 is 1.68. The Balaban J connectivity index is 2.14. The van der Waals surface area contributed by atoms with Crippen LogP contribution in [-0.4, -0.2) is 18.6 Å². The lowest BCUT2D eigenvalue weighted by Gasteiger charge is -2.23. The fraction of sp³-hybridized carbons (Fsp3) is 0.500. The molecule has 0 fully saturated rings. The Labute approximate surface area is 113 Å². The summed E-state index contributed by atoms with van der Waals surface area (Å²) in [6, 6.07) is 6.39. The Kier molecular flexibility index (Phi) is 3.76. The van der Waals surface area contributed by atoms with E-state index < -0.39 is 0 Å². The maximum absolute atomic E-state index is 4.52. The van der Waals surface area contributed by atoms with Gasteiger partial charge in [-0.05, 0) is 30.0 Å². The molecule has 0 radical (unpaired) electrons. The maximum atomic E-state index is 4.52. The highest BCUT2D eigenvalue weighted by atomic mass is 32.1. The molecular formula is C14H21N3S. The van der Waals surface area contributed by atoms with Crippen molar-refractivity contribution in [3.8, 4) is 0 Å². The Morgan fingerprint density at radius 1 is 1.33 bits per heavy atom. The molecule has 1 aromatic carbocycles. The summed E-state index contributed by atoms with van der Waals surface area (Å²) in [6.07, 6.45) is 1.17. The van der Waals surface area contributed by atoms with Crippen molar-refractivity contribution in [1.82, 2.24) is 4.98 Å². The van der Waals surface area contributed by atoms with Crippen molar-refractivity contribution in [2.45, 2.75) is 27.2 Å². The van der Waals surface area contributed by atoms with Crippen LogP contribution in [0.25, 0.3) is 10.2 Å². The van der Waals surface area contributed by atoms with Gasteiger partial charge in [-0.3, -0.25) is 0 Å². The Bertz CT molecular complexity index is 531. The largest absolute Gasteiger partial charge is 0.384 e. The monoisotopic (exact) mass is 263 g/mol. The van der Waals surface area contributed by atoms with Crippen LogP contribution >= 0.6 is 11.3 Å². The van der Waals surface area contributed by atoms with Crippen LogP contribution in [0.1, 0.15) is 27.2 Å². The summed E-state index contributed by atoms with van der Waals surface area (Å²) in [4.78, 5) is 4.52. The molecule has 0 bridgehead atoms. The molecule has 0 spiro atoms. The van der Waals surface area contributed by atoms with Crippen LogP contribution < -0.4 is 10.6 Å². The number of nitrogens with zero attached hydrogens (tertiary/aromatic N) is 1. The second kappa shape index (κ2) is 5.14. The van der Waals surface area contributed by atoms with Crippen molar-refractivity contribution in [2.24, 2.45) is 5.41 Å². The normalized spacial score (nSPS) is 11.8. The van der Waals surface area contributed by atoms with Crippen LogP contribution in [0.3, 0.4) is 0 Å². The molecule has 0 saturated carbocycles. The molecule has 0 unspecified atom stereocenters. The van der Waals surface area contributed by atoms with Crippen molar-refractivity contribution in [3.05, 3.63) is 18.2 Å². The minimum atomic E-state index is 0.327. The van der Waals surface area contributed by atoms with Gasteiger partial charge in [0.25, 0.3) is 0 Å². The molecule has 4 heteroatoms. The molecule has 0 aliphatic rings. The SMILES string of the molecule is CCC(C)(C)CNc1ccc2sc(NC)nc2c1. The number of aromatic nitrogens is 1. The molecule has 0 aliphatic heterocycles. The Hall–Kier alpha value is -1.29. The van der Waals surface area contributed by atoms with Crippen molar-refractivity contribution >= 4 is 32.4 Å². The van der Waals surface area contributed by atoms with Crippen molar-refractivity contribution < 1.29 is 0 Å². The highest BCUT2D eigenvalue weighted by Crippen LogP contribution is 2.28. The third kappa shape index (κ3) is 2.93. The van der Waals surface area contributed by atoms with Gasteiger partial charge in [0.1, 0.15) is 0 Å². The molecule has 0 atom stereocenters. The Morgan fingerprint density at radius 2 is 2.11 bits per heavy atom. The van der Waals surface area contributed by atoms with Crippen LogP contribution in [0.4, 0.5) is 10.8 Å². The molecule has 2 rings (SSSR count). The zero-order valence-corrected chi connectivity index (χ0v) is 12.3. The second-order valence-electron chi connectivity index (χ2n) is 5.32. The second-order valence-corrected chi connectivity index (χ2v) is 6.35. The van der Waals surface area contributed by atoms with E-state index in [9.17, 15) is 0 Å². The molecule has 0 saturated heterocycles. The van der Waals surface area contributed by atoms with Gasteiger partial charge in [0.2, 0.25) is 0 Å². The molecule has 0 amide bonds. The van der Waals surface area contributed by atoms with Crippen LogP contribution in [0.5, 0.6) is 0 Å². The first-order valence-electron chi connectivity index (χ1n) is 6.36. The third-order valence-corrected chi connectivity index (χ3v) is 4.38. The first-order valence-corrected chi connectivity index (χ1v) is 7.18. The first-order chi connectivity index (χ1) is 8.54. The molecular weight excluding hydrogens is 242 g/mol. The van der Waals surface area contributed by atoms with Gasteiger partial charge in [-0.2, -0.15) is 0 Å². The number of thiazole rings is 1. The van der Waals surface area contributed by atoms with Gasteiger partial charge < -0.3 is 10.6 Å². The standard InChI is InChI=1S/C14H21N3S/c1-5-14(2,3)9-16-10-6-7-12-11(8-10)17-13(15-4)18-12/h6-8,16H,5,9H2,1-4H3,(H,15,17). The van der Waals surface area contributed by atoms with Gasteiger partial charge in [0.15, 0.2) is 5.13 Å². The minimum absolute atomic E-state index is 0.327. The lowest BCUT2D eigenvalue weighted by Crippen LogP contribution is -2.21. The summed E-state index contributed by atoms with van der Waals surface area (Å²) in [5.41, 5.74) is 2.54. The number of hydrogen-bond acceptors (Lipinski definition) is 4. The van der Waals surface area contributed by atoms with Gasteiger partial charge in [0.05, 0.1) is 10.2 Å². The molecule has 0 aliphatic carbocycles. The minimum Gasteiger partial charge on any atom is -0.384 e. The molecule has 1 heterocycles. The average molecular weight is 263 g/mol. The van der Waals surface area contributed by atoms with Crippen LogP contribution in [0, 0.1) is 5.41 Å². The van der Waals surface area contributed by atoms with Crippen molar-refractivity contribution in [3.63, 3.8) is 0 Å².